The molecule has 3 amide bonds. The lowest BCUT2D eigenvalue weighted by Crippen LogP contribution is -2.40. The molecule has 1 fully saturated rings. The summed E-state index contributed by atoms with van der Waals surface area (Å²) in [5.41, 5.74) is 7.24. The number of carbonyl (C=O) groups is 3. The molecule has 6 aromatic carbocycles. The number of benzene rings is 6. The molecule has 1 aliphatic rings. The van der Waals surface area contributed by atoms with E-state index in [2.05, 4.69) is 49.1 Å². The van der Waals surface area contributed by atoms with Crippen LogP contribution in [0, 0.1) is 17.8 Å². The van der Waals surface area contributed by atoms with E-state index in [1.54, 1.807) is 18.6 Å². The Morgan fingerprint density at radius 3 is 0.905 bits per heavy atom. The fourth-order valence-corrected chi connectivity index (χ4v) is 8.88. The van der Waals surface area contributed by atoms with Crippen LogP contribution in [-0.2, 0) is 14.4 Å². The number of anilines is 3. The number of hydrogen-bond donors (Lipinski definition) is 3. The van der Waals surface area contributed by atoms with Crippen LogP contribution in [0.3, 0.4) is 0 Å². The Morgan fingerprint density at radius 1 is 0.349 bits per heavy atom. The summed E-state index contributed by atoms with van der Waals surface area (Å²) >= 11 is 0. The lowest BCUT2D eigenvalue weighted by atomic mass is 9.74. The molecule has 9 heteroatoms. The highest BCUT2D eigenvalue weighted by molar-refractivity contribution is 6.00. The monoisotopic (exact) mass is 822 g/mol. The summed E-state index contributed by atoms with van der Waals surface area (Å²) in [7, 11) is 0. The van der Waals surface area contributed by atoms with E-state index in [0.717, 1.165) is 66.1 Å². The third-order valence-electron chi connectivity index (χ3n) is 12.1. The number of fused-ring (bicyclic) bond motifs is 3. The lowest BCUT2D eigenvalue weighted by molar-refractivity contribution is -0.129. The molecular weight excluding hydrogens is 781 g/mol. The fraction of sp³-hybridized carbons (Fsp3) is 0.111. The Labute approximate surface area is 364 Å². The predicted molar refractivity (Wildman–Crippen MR) is 252 cm³/mol. The maximum Gasteiger partial charge on any atom is 0.227 e. The quantitative estimate of drug-likeness (QED) is 0.133. The van der Waals surface area contributed by atoms with Crippen LogP contribution in [0.2, 0.25) is 0 Å². The van der Waals surface area contributed by atoms with Crippen LogP contribution in [0.15, 0.2) is 182 Å². The van der Waals surface area contributed by atoms with Crippen LogP contribution in [0.25, 0.3) is 66.1 Å². The van der Waals surface area contributed by atoms with Crippen LogP contribution in [-0.4, -0.2) is 32.7 Å². The summed E-state index contributed by atoms with van der Waals surface area (Å²) in [6.45, 7) is 0. The van der Waals surface area contributed by atoms with Crippen LogP contribution >= 0.6 is 0 Å². The fourth-order valence-electron chi connectivity index (χ4n) is 8.88. The van der Waals surface area contributed by atoms with E-state index in [9.17, 15) is 14.4 Å². The maximum atomic E-state index is 14.1. The number of nitrogens with one attached hydrogen (secondary N) is 3. The molecule has 306 valence electrons. The van der Waals surface area contributed by atoms with Gasteiger partial charge < -0.3 is 16.0 Å². The van der Waals surface area contributed by atoms with Crippen molar-refractivity contribution in [3.8, 4) is 33.8 Å². The highest BCUT2D eigenvalue weighted by Gasteiger charge is 2.39. The summed E-state index contributed by atoms with van der Waals surface area (Å²) < 4.78 is 0. The zero-order chi connectivity index (χ0) is 42.7. The van der Waals surface area contributed by atoms with Gasteiger partial charge in [0.1, 0.15) is 0 Å². The summed E-state index contributed by atoms with van der Waals surface area (Å²) in [6, 6.07) is 53.1. The SMILES string of the molecule is O=C(Nc1ccc(-c2nccc3ccccc23)cc1)C1CC(C(=O)Nc2ccc(-c3nccc4ccccc34)cc2)CC(C(=O)Nc2ccc(-c3nccc4ccccc34)cc2)C1. The Morgan fingerprint density at radius 2 is 0.619 bits per heavy atom. The van der Waals surface area contributed by atoms with Crippen LogP contribution < -0.4 is 16.0 Å². The van der Waals surface area contributed by atoms with Crippen molar-refractivity contribution in [2.24, 2.45) is 17.8 Å². The minimum absolute atomic E-state index is 0.236. The van der Waals surface area contributed by atoms with Gasteiger partial charge in [-0.2, -0.15) is 0 Å². The van der Waals surface area contributed by atoms with Crippen LogP contribution in [0.1, 0.15) is 19.3 Å². The molecule has 0 atom stereocenters. The first-order valence-corrected chi connectivity index (χ1v) is 21.2. The van der Waals surface area contributed by atoms with Gasteiger partial charge in [-0.3, -0.25) is 29.3 Å². The predicted octanol–water partition coefficient (Wildman–Crippen LogP) is 11.6. The molecule has 1 aliphatic carbocycles. The molecule has 9 aromatic rings. The van der Waals surface area contributed by atoms with E-state index < -0.39 is 17.8 Å². The minimum Gasteiger partial charge on any atom is -0.326 e. The highest BCUT2D eigenvalue weighted by atomic mass is 16.2. The van der Waals surface area contributed by atoms with Crippen molar-refractivity contribution in [2.75, 3.05) is 16.0 Å². The largest absolute Gasteiger partial charge is 0.326 e. The zero-order valence-electron chi connectivity index (χ0n) is 34.2. The van der Waals surface area contributed by atoms with Gasteiger partial charge in [-0.1, -0.05) is 109 Å². The van der Waals surface area contributed by atoms with Crippen molar-refractivity contribution in [2.45, 2.75) is 19.3 Å². The molecule has 0 aliphatic heterocycles. The van der Waals surface area contributed by atoms with Crippen molar-refractivity contribution in [3.63, 3.8) is 0 Å². The smallest absolute Gasteiger partial charge is 0.227 e. The number of nitrogens with zero attached hydrogens (tertiary/aromatic N) is 3. The third-order valence-corrected chi connectivity index (χ3v) is 12.1. The molecule has 3 heterocycles. The van der Waals surface area contributed by atoms with Gasteiger partial charge >= 0.3 is 0 Å². The summed E-state index contributed by atoms with van der Waals surface area (Å²) in [4.78, 5) is 56.2. The number of amides is 3. The summed E-state index contributed by atoms with van der Waals surface area (Å²) in [6.07, 6.45) is 6.28. The molecule has 0 bridgehead atoms. The molecule has 3 N–H and O–H groups in total. The van der Waals surface area contributed by atoms with Crippen molar-refractivity contribution in [3.05, 3.63) is 182 Å². The first kappa shape index (κ1) is 39.1. The number of aromatic nitrogens is 3. The summed E-state index contributed by atoms with van der Waals surface area (Å²) in [5, 5.41) is 15.7. The Bertz CT molecular complexity index is 2790. The van der Waals surface area contributed by atoms with Gasteiger partial charge in [0.25, 0.3) is 0 Å². The second-order valence-corrected chi connectivity index (χ2v) is 16.1. The van der Waals surface area contributed by atoms with E-state index in [4.69, 9.17) is 0 Å². The highest BCUT2D eigenvalue weighted by Crippen LogP contribution is 2.37. The third kappa shape index (κ3) is 8.24. The van der Waals surface area contributed by atoms with Gasteiger partial charge in [0, 0.05) is 86.3 Å². The van der Waals surface area contributed by atoms with E-state index in [1.807, 2.05) is 146 Å². The van der Waals surface area contributed by atoms with Crippen LogP contribution in [0.4, 0.5) is 17.1 Å². The molecule has 0 spiro atoms. The van der Waals surface area contributed by atoms with E-state index >= 15 is 0 Å². The standard InChI is InChI=1S/C54H42N6O3/c61-52(58-43-19-13-37(14-20-43)49-46-10-4-1-7-34(46)25-28-55-49)40-31-41(53(62)59-44-21-15-38(16-22-44)50-47-11-5-2-8-35(47)26-29-56-50)33-42(32-40)54(63)60-45-23-17-39(18-24-45)51-48-12-6-3-9-36(48)27-30-57-51/h1-30,40-42H,31-33H2,(H,58,61)(H,59,62)(H,60,63). The average Bonchev–Trinajstić information content (AvgIpc) is 3.34. The van der Waals surface area contributed by atoms with Gasteiger partial charge in [-0.25, -0.2) is 0 Å². The van der Waals surface area contributed by atoms with E-state index in [1.165, 1.54) is 0 Å². The lowest BCUT2D eigenvalue weighted by Gasteiger charge is -2.33. The van der Waals surface area contributed by atoms with Gasteiger partial charge in [-0.15, -0.1) is 0 Å². The molecule has 0 unspecified atom stereocenters. The maximum absolute atomic E-state index is 14.1. The Hall–Kier alpha value is -8.04. The second-order valence-electron chi connectivity index (χ2n) is 16.1. The number of pyridine rings is 3. The van der Waals surface area contributed by atoms with Crippen molar-refractivity contribution in [1.82, 2.24) is 15.0 Å². The first-order valence-electron chi connectivity index (χ1n) is 21.2. The molecule has 10 rings (SSSR count). The molecule has 0 saturated heterocycles. The van der Waals surface area contributed by atoms with E-state index in [0.29, 0.717) is 36.3 Å². The molecule has 63 heavy (non-hydrogen) atoms. The minimum atomic E-state index is -0.593. The van der Waals surface area contributed by atoms with Gasteiger partial charge in [0.2, 0.25) is 17.7 Å². The second kappa shape index (κ2) is 17.1. The molecule has 3 aromatic heterocycles. The van der Waals surface area contributed by atoms with Gasteiger partial charge in [-0.05, 0) is 90.0 Å². The first-order chi connectivity index (χ1) is 30.9. The molecule has 0 radical (unpaired) electrons. The molecule has 9 nitrogen and oxygen atoms in total. The zero-order valence-corrected chi connectivity index (χ0v) is 34.2. The Kier molecular flexibility index (Phi) is 10.6. The molecule has 1 saturated carbocycles. The topological polar surface area (TPSA) is 126 Å². The van der Waals surface area contributed by atoms with Crippen molar-refractivity contribution >= 4 is 67.1 Å². The van der Waals surface area contributed by atoms with E-state index in [-0.39, 0.29) is 17.7 Å². The number of hydrogen-bond acceptors (Lipinski definition) is 6. The van der Waals surface area contributed by atoms with Gasteiger partial charge in [0.05, 0.1) is 17.1 Å². The van der Waals surface area contributed by atoms with Crippen molar-refractivity contribution < 1.29 is 14.4 Å². The van der Waals surface area contributed by atoms with Crippen molar-refractivity contribution in [1.29, 1.82) is 0 Å². The Balaban J connectivity index is 0.868. The average molecular weight is 823 g/mol. The number of rotatable bonds is 9. The van der Waals surface area contributed by atoms with Crippen LogP contribution in [0.5, 0.6) is 0 Å². The number of carbonyl (C=O) groups excluding carboxylic acids is 3. The van der Waals surface area contributed by atoms with Gasteiger partial charge in [0.15, 0.2) is 0 Å². The normalized spacial score (nSPS) is 16.1. The molecular formula is C54H42N6O3. The summed E-state index contributed by atoms with van der Waals surface area (Å²) in [5.74, 6) is -2.49.